The molecule has 2 aliphatic heterocycles. The van der Waals surface area contributed by atoms with Gasteiger partial charge in [-0.15, -0.1) is 0 Å². The number of aliphatic hydroxyl groups is 4. The molecule has 0 unspecified atom stereocenters. The number of aromatic nitrogens is 4. The molecule has 0 fully saturated rings. The van der Waals surface area contributed by atoms with E-state index in [1.165, 1.54) is 0 Å². The number of aromatic amines is 1. The van der Waals surface area contributed by atoms with Crippen molar-refractivity contribution >= 4 is 5.97 Å². The van der Waals surface area contributed by atoms with Gasteiger partial charge in [-0.05, 0) is 0 Å². The fourth-order valence-electron chi connectivity index (χ4n) is 2.39. The van der Waals surface area contributed by atoms with Crippen LogP contribution in [-0.4, -0.2) is 81.0 Å². The van der Waals surface area contributed by atoms with Crippen LogP contribution < -0.4 is 11.2 Å². The summed E-state index contributed by atoms with van der Waals surface area (Å²) in [6, 6.07) is 0. The normalized spacial score (nSPS) is 14.8. The van der Waals surface area contributed by atoms with Gasteiger partial charge in [-0.2, -0.15) is 4.98 Å². The second kappa shape index (κ2) is 8.22. The van der Waals surface area contributed by atoms with E-state index in [9.17, 15) is 34.8 Å². The van der Waals surface area contributed by atoms with E-state index in [4.69, 9.17) is 10.2 Å². The minimum absolute atomic E-state index is 0.208. The number of H-pyrrole nitrogens is 1. The molecule has 2 aliphatic rings. The summed E-state index contributed by atoms with van der Waals surface area (Å²) in [6.45, 7) is -1.49. The number of aromatic hydroxyl groups is 1. The third-order valence-electron chi connectivity index (χ3n) is 3.79. The predicted octanol–water partition coefficient (Wildman–Crippen LogP) is -3.77. The zero-order chi connectivity index (χ0) is 20.3. The van der Waals surface area contributed by atoms with Gasteiger partial charge in [0.1, 0.15) is 24.0 Å². The van der Waals surface area contributed by atoms with E-state index in [1.807, 2.05) is 4.98 Å². The zero-order valence-corrected chi connectivity index (χ0v) is 13.8. The Morgan fingerprint density at radius 2 is 1.81 bits per heavy atom. The predicted molar refractivity (Wildman–Crippen MR) is 86.3 cm³/mol. The topological polar surface area (TPSA) is 219 Å². The first-order valence-electron chi connectivity index (χ1n) is 7.75. The molecule has 0 aromatic carbocycles. The molecule has 13 heteroatoms. The van der Waals surface area contributed by atoms with E-state index >= 15 is 0 Å². The number of carbonyl (C=O) groups is 1. The summed E-state index contributed by atoms with van der Waals surface area (Å²) in [5.74, 6) is -2.28. The summed E-state index contributed by atoms with van der Waals surface area (Å²) in [6.07, 6.45) is -5.94. The number of carboxylic acid groups (broad SMARTS) is 1. The molecule has 13 nitrogen and oxygen atoms in total. The highest BCUT2D eigenvalue weighted by atomic mass is 16.4. The van der Waals surface area contributed by atoms with Gasteiger partial charge in [0.25, 0.3) is 5.56 Å². The van der Waals surface area contributed by atoms with Crippen LogP contribution in [0.1, 0.15) is 12.1 Å². The van der Waals surface area contributed by atoms with Gasteiger partial charge < -0.3 is 30.6 Å². The summed E-state index contributed by atoms with van der Waals surface area (Å²) in [7, 11) is 0. The molecule has 3 atom stereocenters. The molecule has 7 N–H and O–H groups in total. The minimum Gasteiger partial charge on any atom is -0.493 e. The number of aliphatic hydroxyl groups excluding tert-OH is 4. The Hall–Kier alpha value is -2.87. The smallest absolute Gasteiger partial charge is 0.349 e. The van der Waals surface area contributed by atoms with E-state index in [0.717, 1.165) is 4.57 Å². The molecule has 0 aromatic rings. The number of aryl methyl sites for hydroxylation is 1. The molecule has 0 saturated carbocycles. The van der Waals surface area contributed by atoms with E-state index in [-0.39, 0.29) is 12.1 Å². The highest BCUT2D eigenvalue weighted by Crippen LogP contribution is 2.25. The number of hydrogen-bond donors (Lipinski definition) is 7. The lowest BCUT2D eigenvalue weighted by Crippen LogP contribution is -2.42. The summed E-state index contributed by atoms with van der Waals surface area (Å²) in [4.78, 5) is 43.5. The highest BCUT2D eigenvalue weighted by Gasteiger charge is 2.29. The quantitative estimate of drug-likeness (QED) is 0.233. The number of carboxylic acids is 1. The molecule has 2 heterocycles. The van der Waals surface area contributed by atoms with E-state index in [1.54, 1.807) is 0 Å². The molecule has 0 aliphatic carbocycles. The van der Waals surface area contributed by atoms with Gasteiger partial charge in [0, 0.05) is 6.42 Å². The van der Waals surface area contributed by atoms with Crippen LogP contribution in [0.3, 0.4) is 0 Å². The fraction of sp³-hybridized carbons (Fsp3) is 0.500. The van der Waals surface area contributed by atoms with Gasteiger partial charge in [-0.1, -0.05) is 0 Å². The molecule has 0 spiro atoms. The van der Waals surface area contributed by atoms with Crippen LogP contribution in [0, 0.1) is 0 Å². The Labute approximate surface area is 150 Å². The minimum atomic E-state index is -1.82. The third-order valence-corrected chi connectivity index (χ3v) is 3.79. The number of rotatable bonds is 8. The monoisotopic (exact) mass is 386 g/mol. The number of nitrogens with one attached hydrogen (secondary N) is 1. The van der Waals surface area contributed by atoms with Crippen molar-refractivity contribution < 1.29 is 35.4 Å². The SMILES string of the molecule is O=C(O)CCc1nc2c(=O)[nH]c(=O)nc-2n(C[C@H](O)[C@H](O)[C@H](O)CO)c1O. The van der Waals surface area contributed by atoms with E-state index in [0.29, 0.717) is 0 Å². The molecular formula is C14H18N4O9. The number of fused-ring (bicyclic) bond motifs is 1. The highest BCUT2D eigenvalue weighted by molar-refractivity contribution is 5.67. The second-order valence-corrected chi connectivity index (χ2v) is 5.74. The molecule has 0 amide bonds. The van der Waals surface area contributed by atoms with Crippen molar-refractivity contribution in [1.82, 2.24) is 19.5 Å². The van der Waals surface area contributed by atoms with Crippen LogP contribution in [0.4, 0.5) is 0 Å². The van der Waals surface area contributed by atoms with Gasteiger partial charge in [0.15, 0.2) is 11.5 Å². The van der Waals surface area contributed by atoms with Crippen LogP contribution in [0.5, 0.6) is 5.88 Å². The molecule has 27 heavy (non-hydrogen) atoms. The Kier molecular flexibility index (Phi) is 6.22. The Bertz CT molecular complexity index is 909. The maximum Gasteiger partial charge on any atom is 0.349 e. The van der Waals surface area contributed by atoms with Crippen molar-refractivity contribution in [3.05, 3.63) is 26.5 Å². The maximum absolute atomic E-state index is 12.0. The summed E-state index contributed by atoms with van der Waals surface area (Å²) >= 11 is 0. The Morgan fingerprint density at radius 3 is 2.41 bits per heavy atom. The van der Waals surface area contributed by atoms with Crippen LogP contribution in [-0.2, 0) is 17.8 Å². The Morgan fingerprint density at radius 1 is 1.15 bits per heavy atom. The average molecular weight is 386 g/mol. The molecule has 2 rings (SSSR count). The summed E-state index contributed by atoms with van der Waals surface area (Å²) in [5, 5.41) is 57.2. The van der Waals surface area contributed by atoms with Crippen LogP contribution in [0.15, 0.2) is 9.59 Å². The van der Waals surface area contributed by atoms with Crippen LogP contribution in [0.25, 0.3) is 11.5 Å². The van der Waals surface area contributed by atoms with Gasteiger partial charge >= 0.3 is 11.7 Å². The third kappa shape index (κ3) is 4.46. The van der Waals surface area contributed by atoms with Gasteiger partial charge in [-0.3, -0.25) is 19.1 Å². The molecule has 0 radical (unpaired) electrons. The van der Waals surface area contributed by atoms with Crippen LogP contribution in [0.2, 0.25) is 0 Å². The molecular weight excluding hydrogens is 368 g/mol. The van der Waals surface area contributed by atoms with Gasteiger partial charge in [0.05, 0.1) is 19.6 Å². The van der Waals surface area contributed by atoms with Crippen molar-refractivity contribution in [2.45, 2.75) is 37.7 Å². The molecule has 0 saturated heterocycles. The first-order chi connectivity index (χ1) is 12.6. The van der Waals surface area contributed by atoms with Crippen molar-refractivity contribution in [1.29, 1.82) is 0 Å². The zero-order valence-electron chi connectivity index (χ0n) is 13.8. The maximum atomic E-state index is 12.0. The summed E-state index contributed by atoms with van der Waals surface area (Å²) in [5.41, 5.74) is -2.59. The van der Waals surface area contributed by atoms with E-state index in [2.05, 4.69) is 9.97 Å². The lowest BCUT2D eigenvalue weighted by molar-refractivity contribution is -0.136. The van der Waals surface area contributed by atoms with Crippen molar-refractivity contribution in [2.24, 2.45) is 0 Å². The van der Waals surface area contributed by atoms with Gasteiger partial charge in [-0.25, -0.2) is 9.78 Å². The standard InChI is InChI=1S/C14H18N4O9/c19-4-7(21)10(24)6(20)3-18-11-9(12(25)17-14(27)16-11)15-5(13(18)26)1-2-8(22)23/h6-7,10,19-21,24,26H,1-4H2,(H,22,23)(H,17,25,27)/t6-,7+,10-/m0/s1. The fourth-order valence-corrected chi connectivity index (χ4v) is 2.39. The summed E-state index contributed by atoms with van der Waals surface area (Å²) < 4.78 is 0.800. The van der Waals surface area contributed by atoms with Crippen molar-refractivity contribution in [2.75, 3.05) is 6.61 Å². The second-order valence-electron chi connectivity index (χ2n) is 5.74. The van der Waals surface area contributed by atoms with Crippen molar-refractivity contribution in [3.63, 3.8) is 0 Å². The first-order valence-corrected chi connectivity index (χ1v) is 7.75. The van der Waals surface area contributed by atoms with E-state index < -0.39 is 72.5 Å². The number of hydrogen-bond acceptors (Lipinski definition) is 10. The molecule has 0 bridgehead atoms. The average Bonchev–Trinajstić information content (AvgIpc) is 2.61. The van der Waals surface area contributed by atoms with Crippen molar-refractivity contribution in [3.8, 4) is 17.4 Å². The molecule has 148 valence electrons. The number of aliphatic carboxylic acids is 1. The lowest BCUT2D eigenvalue weighted by atomic mass is 10.1. The molecule has 0 aromatic heterocycles. The van der Waals surface area contributed by atoms with Gasteiger partial charge in [0.2, 0.25) is 5.88 Å². The lowest BCUT2D eigenvalue weighted by Gasteiger charge is -2.25. The van der Waals surface area contributed by atoms with Crippen LogP contribution >= 0.6 is 0 Å². The first kappa shape index (κ1) is 20.4. The number of nitrogens with zero attached hydrogens (tertiary/aromatic N) is 3. The largest absolute Gasteiger partial charge is 0.493 e. The Balaban J connectivity index is 2.57.